The molecule has 0 amide bonds. The van der Waals surface area contributed by atoms with Crippen LogP contribution in [0.5, 0.6) is 0 Å². The fourth-order valence-corrected chi connectivity index (χ4v) is 2.35. The van der Waals surface area contributed by atoms with Gasteiger partial charge in [-0.2, -0.15) is 0 Å². The van der Waals surface area contributed by atoms with Crippen LogP contribution in [0.3, 0.4) is 0 Å². The number of aliphatic hydroxyl groups is 1. The first-order valence-corrected chi connectivity index (χ1v) is 5.41. The summed E-state index contributed by atoms with van der Waals surface area (Å²) in [7, 11) is 0. The quantitative estimate of drug-likeness (QED) is 0.612. The van der Waals surface area contributed by atoms with Crippen LogP contribution >= 0.6 is 0 Å². The molecule has 2 aliphatic rings. The van der Waals surface area contributed by atoms with Gasteiger partial charge in [0.2, 0.25) is 0 Å². The number of rotatable bonds is 1. The Morgan fingerprint density at radius 2 is 2.08 bits per heavy atom. The van der Waals surface area contributed by atoms with Crippen LogP contribution in [0.2, 0.25) is 0 Å². The minimum atomic E-state index is -0.571. The highest BCUT2D eigenvalue weighted by Gasteiger charge is 2.29. The van der Waals surface area contributed by atoms with Gasteiger partial charge < -0.3 is 5.11 Å². The molecule has 0 aromatic carbocycles. The normalized spacial score (nSPS) is 34.4. The molecule has 0 aliphatic heterocycles. The number of hydrogen-bond donors (Lipinski definition) is 1. The predicted molar refractivity (Wildman–Crippen MR) is 54.5 cm³/mol. The van der Waals surface area contributed by atoms with Crippen molar-refractivity contribution >= 4 is 0 Å². The molecule has 0 radical (unpaired) electrons. The molecular formula is C12H18O. The van der Waals surface area contributed by atoms with E-state index in [1.54, 1.807) is 0 Å². The van der Waals surface area contributed by atoms with Gasteiger partial charge in [-0.3, -0.25) is 0 Å². The van der Waals surface area contributed by atoms with E-state index in [4.69, 9.17) is 0 Å². The molecule has 0 spiro atoms. The summed E-state index contributed by atoms with van der Waals surface area (Å²) in [5.41, 5.74) is 0.702. The lowest BCUT2D eigenvalue weighted by atomic mass is 9.79. The van der Waals surface area contributed by atoms with Crippen molar-refractivity contribution in [2.24, 2.45) is 0 Å². The zero-order chi connectivity index (χ0) is 9.15. The van der Waals surface area contributed by atoms with Gasteiger partial charge in [-0.1, -0.05) is 18.2 Å². The third-order valence-electron chi connectivity index (χ3n) is 3.17. The fraction of sp³-hybridized carbons (Fsp3) is 0.667. The second-order valence-corrected chi connectivity index (χ2v) is 4.19. The maximum atomic E-state index is 10.3. The molecule has 0 heterocycles. The van der Waals surface area contributed by atoms with Crippen molar-refractivity contribution in [3.8, 4) is 0 Å². The van der Waals surface area contributed by atoms with E-state index in [1.807, 2.05) is 6.08 Å². The molecule has 0 fully saturated rings. The van der Waals surface area contributed by atoms with Crippen LogP contribution in [0.1, 0.15) is 44.9 Å². The maximum Gasteiger partial charge on any atom is 0.104 e. The highest BCUT2D eigenvalue weighted by atomic mass is 16.3. The SMILES string of the molecule is OC1(C2=CCCCC2)C=CCCC1. The summed E-state index contributed by atoms with van der Waals surface area (Å²) in [5.74, 6) is 0. The first kappa shape index (κ1) is 9.01. The lowest BCUT2D eigenvalue weighted by Crippen LogP contribution is -2.31. The second-order valence-electron chi connectivity index (χ2n) is 4.19. The highest BCUT2D eigenvalue weighted by molar-refractivity contribution is 5.27. The van der Waals surface area contributed by atoms with E-state index in [-0.39, 0.29) is 0 Å². The lowest BCUT2D eigenvalue weighted by Gasteiger charge is -2.32. The van der Waals surface area contributed by atoms with Gasteiger partial charge in [0.15, 0.2) is 0 Å². The summed E-state index contributed by atoms with van der Waals surface area (Å²) in [6.07, 6.45) is 14.4. The number of hydrogen-bond acceptors (Lipinski definition) is 1. The Bertz CT molecular complexity index is 240. The Labute approximate surface area is 80.2 Å². The van der Waals surface area contributed by atoms with E-state index in [1.165, 1.54) is 18.4 Å². The smallest absolute Gasteiger partial charge is 0.104 e. The van der Waals surface area contributed by atoms with Gasteiger partial charge in [0.05, 0.1) is 0 Å². The van der Waals surface area contributed by atoms with Crippen molar-refractivity contribution in [3.05, 3.63) is 23.8 Å². The zero-order valence-electron chi connectivity index (χ0n) is 8.13. The minimum absolute atomic E-state index is 0.571. The third kappa shape index (κ3) is 1.86. The minimum Gasteiger partial charge on any atom is -0.381 e. The van der Waals surface area contributed by atoms with Crippen molar-refractivity contribution in [1.29, 1.82) is 0 Å². The predicted octanol–water partition coefficient (Wildman–Crippen LogP) is 2.96. The monoisotopic (exact) mass is 178 g/mol. The molecule has 1 unspecified atom stereocenters. The Hall–Kier alpha value is -0.560. The van der Waals surface area contributed by atoms with Crippen molar-refractivity contribution < 1.29 is 5.11 Å². The summed E-state index contributed by atoms with van der Waals surface area (Å²) in [5, 5.41) is 10.3. The molecular weight excluding hydrogens is 160 g/mol. The van der Waals surface area contributed by atoms with Gasteiger partial charge in [0.25, 0.3) is 0 Å². The van der Waals surface area contributed by atoms with Gasteiger partial charge in [-0.15, -0.1) is 0 Å². The van der Waals surface area contributed by atoms with E-state index in [0.29, 0.717) is 0 Å². The van der Waals surface area contributed by atoms with Crippen molar-refractivity contribution in [3.63, 3.8) is 0 Å². The number of allylic oxidation sites excluding steroid dienone is 2. The average Bonchev–Trinajstić information content (AvgIpc) is 2.20. The molecule has 0 saturated carbocycles. The van der Waals surface area contributed by atoms with E-state index in [9.17, 15) is 5.11 Å². The Balaban J connectivity index is 2.16. The van der Waals surface area contributed by atoms with Gasteiger partial charge in [-0.05, 0) is 50.5 Å². The lowest BCUT2D eigenvalue weighted by molar-refractivity contribution is 0.106. The Morgan fingerprint density at radius 1 is 1.15 bits per heavy atom. The fourth-order valence-electron chi connectivity index (χ4n) is 2.35. The van der Waals surface area contributed by atoms with Gasteiger partial charge in [0.1, 0.15) is 5.60 Å². The molecule has 1 N–H and O–H groups in total. The van der Waals surface area contributed by atoms with Crippen molar-refractivity contribution in [2.45, 2.75) is 50.5 Å². The first-order chi connectivity index (χ1) is 6.31. The summed E-state index contributed by atoms with van der Waals surface area (Å²) < 4.78 is 0. The van der Waals surface area contributed by atoms with Crippen molar-refractivity contribution in [1.82, 2.24) is 0 Å². The van der Waals surface area contributed by atoms with Crippen LogP contribution in [0.4, 0.5) is 0 Å². The molecule has 0 aromatic rings. The molecule has 1 atom stereocenters. The van der Waals surface area contributed by atoms with Gasteiger partial charge in [-0.25, -0.2) is 0 Å². The Morgan fingerprint density at radius 3 is 2.69 bits per heavy atom. The summed E-state index contributed by atoms with van der Waals surface area (Å²) in [6.45, 7) is 0. The highest BCUT2D eigenvalue weighted by Crippen LogP contribution is 2.34. The van der Waals surface area contributed by atoms with E-state index in [2.05, 4.69) is 12.2 Å². The van der Waals surface area contributed by atoms with Crippen LogP contribution in [-0.4, -0.2) is 10.7 Å². The molecule has 0 aromatic heterocycles. The molecule has 1 heteroatoms. The summed E-state index contributed by atoms with van der Waals surface area (Å²) in [4.78, 5) is 0. The summed E-state index contributed by atoms with van der Waals surface area (Å²) in [6, 6.07) is 0. The van der Waals surface area contributed by atoms with Crippen LogP contribution in [0.25, 0.3) is 0 Å². The van der Waals surface area contributed by atoms with Gasteiger partial charge >= 0.3 is 0 Å². The maximum absolute atomic E-state index is 10.3. The summed E-state index contributed by atoms with van der Waals surface area (Å²) >= 11 is 0. The Kier molecular flexibility index (Phi) is 2.54. The standard InChI is InChI=1S/C12H18O/c13-12(9-5-2-6-10-12)11-7-3-1-4-8-11/h5,7,9,13H,1-4,6,8,10H2. The molecule has 72 valence electrons. The first-order valence-electron chi connectivity index (χ1n) is 5.41. The largest absolute Gasteiger partial charge is 0.381 e. The second kappa shape index (κ2) is 3.67. The van der Waals surface area contributed by atoms with Crippen molar-refractivity contribution in [2.75, 3.05) is 0 Å². The molecule has 0 bridgehead atoms. The molecule has 2 rings (SSSR count). The molecule has 13 heavy (non-hydrogen) atoms. The van der Waals surface area contributed by atoms with Crippen LogP contribution < -0.4 is 0 Å². The average molecular weight is 178 g/mol. The van der Waals surface area contributed by atoms with Crippen LogP contribution in [0.15, 0.2) is 23.8 Å². The van der Waals surface area contributed by atoms with E-state index in [0.717, 1.165) is 32.1 Å². The third-order valence-corrected chi connectivity index (χ3v) is 3.17. The van der Waals surface area contributed by atoms with Crippen LogP contribution in [0, 0.1) is 0 Å². The van der Waals surface area contributed by atoms with Gasteiger partial charge in [0, 0.05) is 0 Å². The topological polar surface area (TPSA) is 20.2 Å². The molecule has 1 nitrogen and oxygen atoms in total. The van der Waals surface area contributed by atoms with Crippen LogP contribution in [-0.2, 0) is 0 Å². The molecule has 2 aliphatic carbocycles. The van der Waals surface area contributed by atoms with E-state index >= 15 is 0 Å². The zero-order valence-corrected chi connectivity index (χ0v) is 8.13. The van der Waals surface area contributed by atoms with E-state index < -0.39 is 5.60 Å². The molecule has 0 saturated heterocycles.